The van der Waals surface area contributed by atoms with E-state index in [1.54, 1.807) is 4.90 Å². The number of nitro benzene ring substituents is 1. The fourth-order valence-electron chi connectivity index (χ4n) is 2.12. The number of carbonyl (C=O) groups excluding carboxylic acids is 1. The summed E-state index contributed by atoms with van der Waals surface area (Å²) in [6.07, 6.45) is 0. The van der Waals surface area contributed by atoms with Crippen LogP contribution in [0.3, 0.4) is 0 Å². The first kappa shape index (κ1) is 14.2. The number of rotatable bonds is 3. The van der Waals surface area contributed by atoms with Crippen LogP contribution in [0.25, 0.3) is 0 Å². The van der Waals surface area contributed by atoms with E-state index >= 15 is 0 Å². The number of esters is 1. The Morgan fingerprint density at radius 2 is 2.10 bits per heavy atom. The number of hydrogen-bond acceptors (Lipinski definition) is 6. The lowest BCUT2D eigenvalue weighted by Crippen LogP contribution is -2.43. The third kappa shape index (κ3) is 2.69. The maximum absolute atomic E-state index is 13.8. The highest BCUT2D eigenvalue weighted by atomic mass is 19.1. The quantitative estimate of drug-likeness (QED) is 0.504. The molecule has 0 radical (unpaired) electrons. The minimum atomic E-state index is -0.956. The van der Waals surface area contributed by atoms with Crippen LogP contribution in [0.1, 0.15) is 10.4 Å². The Bertz CT molecular complexity index is 544. The third-order valence-corrected chi connectivity index (χ3v) is 3.12. The van der Waals surface area contributed by atoms with Gasteiger partial charge in [0.05, 0.1) is 23.7 Å². The van der Waals surface area contributed by atoms with Gasteiger partial charge in [0.15, 0.2) is 0 Å². The Hall–Kier alpha value is -2.22. The molecular weight excluding hydrogens is 269 g/mol. The molecule has 0 aliphatic carbocycles. The van der Waals surface area contributed by atoms with Gasteiger partial charge in [-0.25, -0.2) is 9.18 Å². The van der Waals surface area contributed by atoms with Crippen molar-refractivity contribution in [1.82, 2.24) is 5.32 Å². The molecule has 1 saturated heterocycles. The van der Waals surface area contributed by atoms with Gasteiger partial charge in [-0.05, 0) is 6.07 Å². The van der Waals surface area contributed by atoms with Crippen LogP contribution in [0.15, 0.2) is 12.1 Å². The van der Waals surface area contributed by atoms with E-state index in [-0.39, 0.29) is 16.9 Å². The van der Waals surface area contributed by atoms with Crippen molar-refractivity contribution in [2.75, 3.05) is 38.2 Å². The van der Waals surface area contributed by atoms with Crippen LogP contribution < -0.4 is 10.2 Å². The summed E-state index contributed by atoms with van der Waals surface area (Å²) < 4.78 is 18.2. The van der Waals surface area contributed by atoms with E-state index in [2.05, 4.69) is 10.1 Å². The number of methoxy groups -OCH3 is 1. The first-order valence-electron chi connectivity index (χ1n) is 6.06. The molecule has 0 amide bonds. The average molecular weight is 283 g/mol. The van der Waals surface area contributed by atoms with Crippen LogP contribution in [0.5, 0.6) is 0 Å². The highest BCUT2D eigenvalue weighted by molar-refractivity contribution is 5.92. The Morgan fingerprint density at radius 1 is 1.45 bits per heavy atom. The molecule has 7 nitrogen and oxygen atoms in total. The van der Waals surface area contributed by atoms with Crippen molar-refractivity contribution in [2.45, 2.75) is 0 Å². The number of nitro groups is 1. The van der Waals surface area contributed by atoms with Crippen molar-refractivity contribution < 1.29 is 18.8 Å². The van der Waals surface area contributed by atoms with Crippen LogP contribution in [0, 0.1) is 15.9 Å². The van der Waals surface area contributed by atoms with Gasteiger partial charge in [-0.15, -0.1) is 0 Å². The first-order valence-corrected chi connectivity index (χ1v) is 6.06. The lowest BCUT2D eigenvalue weighted by atomic mass is 10.1. The van der Waals surface area contributed by atoms with Gasteiger partial charge < -0.3 is 15.0 Å². The van der Waals surface area contributed by atoms with Crippen LogP contribution in [-0.2, 0) is 4.74 Å². The zero-order valence-electron chi connectivity index (χ0n) is 10.9. The molecular formula is C12H14FN3O4. The summed E-state index contributed by atoms with van der Waals surface area (Å²) >= 11 is 0. The van der Waals surface area contributed by atoms with Crippen LogP contribution >= 0.6 is 0 Å². The largest absolute Gasteiger partial charge is 0.465 e. The SMILES string of the molecule is COC(=O)c1cc(N2CCNCC2)c([N+](=O)[O-])cc1F. The van der Waals surface area contributed by atoms with E-state index in [1.165, 1.54) is 6.07 Å². The molecule has 20 heavy (non-hydrogen) atoms. The monoisotopic (exact) mass is 283 g/mol. The Morgan fingerprint density at radius 3 is 2.65 bits per heavy atom. The van der Waals surface area contributed by atoms with Crippen molar-refractivity contribution >= 4 is 17.3 Å². The summed E-state index contributed by atoms with van der Waals surface area (Å²) in [7, 11) is 1.13. The molecule has 1 aromatic carbocycles. The number of ether oxygens (including phenoxy) is 1. The summed E-state index contributed by atoms with van der Waals surface area (Å²) in [4.78, 5) is 23.6. The van der Waals surface area contributed by atoms with Gasteiger partial charge in [0.25, 0.3) is 5.69 Å². The second-order valence-corrected chi connectivity index (χ2v) is 4.31. The van der Waals surface area contributed by atoms with E-state index < -0.39 is 16.7 Å². The predicted octanol–water partition coefficient (Wildman–Crippen LogP) is 0.930. The highest BCUT2D eigenvalue weighted by Gasteiger charge is 2.26. The molecule has 2 rings (SSSR count). The zero-order chi connectivity index (χ0) is 14.7. The van der Waals surface area contributed by atoms with E-state index in [0.717, 1.165) is 13.2 Å². The smallest absolute Gasteiger partial charge is 0.340 e. The molecule has 1 aliphatic rings. The molecule has 1 aromatic rings. The van der Waals surface area contributed by atoms with Crippen molar-refractivity contribution in [3.05, 3.63) is 33.6 Å². The third-order valence-electron chi connectivity index (χ3n) is 3.12. The minimum absolute atomic E-state index is 0.235. The molecule has 1 aliphatic heterocycles. The number of anilines is 1. The zero-order valence-corrected chi connectivity index (χ0v) is 10.9. The van der Waals surface area contributed by atoms with Gasteiger partial charge in [0.1, 0.15) is 11.5 Å². The minimum Gasteiger partial charge on any atom is -0.465 e. The molecule has 0 spiro atoms. The number of benzene rings is 1. The summed E-state index contributed by atoms with van der Waals surface area (Å²) in [5.74, 6) is -1.81. The number of carbonyl (C=O) groups is 1. The average Bonchev–Trinajstić information content (AvgIpc) is 2.47. The van der Waals surface area contributed by atoms with Gasteiger partial charge in [0, 0.05) is 26.2 Å². The second-order valence-electron chi connectivity index (χ2n) is 4.31. The Labute approximate surface area is 114 Å². The summed E-state index contributed by atoms with van der Waals surface area (Å²) in [6, 6.07) is 1.95. The molecule has 1 heterocycles. The van der Waals surface area contributed by atoms with Gasteiger partial charge in [-0.2, -0.15) is 0 Å². The summed E-state index contributed by atoms with van der Waals surface area (Å²) in [5, 5.41) is 14.2. The topological polar surface area (TPSA) is 84.7 Å². The molecule has 108 valence electrons. The van der Waals surface area contributed by atoms with Crippen LogP contribution in [0.2, 0.25) is 0 Å². The van der Waals surface area contributed by atoms with Crippen molar-refractivity contribution in [3.8, 4) is 0 Å². The number of halogens is 1. The molecule has 0 bridgehead atoms. The molecule has 8 heteroatoms. The van der Waals surface area contributed by atoms with Crippen molar-refractivity contribution in [2.24, 2.45) is 0 Å². The molecule has 0 saturated carbocycles. The van der Waals surface area contributed by atoms with Gasteiger partial charge >= 0.3 is 5.97 Å². The molecule has 0 atom stereocenters. The van der Waals surface area contributed by atoms with E-state index in [1.807, 2.05) is 0 Å². The second kappa shape index (κ2) is 5.83. The highest BCUT2D eigenvalue weighted by Crippen LogP contribution is 2.31. The lowest BCUT2D eigenvalue weighted by molar-refractivity contribution is -0.384. The first-order chi connectivity index (χ1) is 9.54. The standard InChI is InChI=1S/C12H14FN3O4/c1-20-12(17)8-6-10(15-4-2-14-3-5-15)11(16(18)19)7-9(8)13/h6-7,14H,2-5H2,1H3. The van der Waals surface area contributed by atoms with Gasteiger partial charge in [-0.3, -0.25) is 10.1 Å². The van der Waals surface area contributed by atoms with E-state index in [4.69, 9.17) is 0 Å². The van der Waals surface area contributed by atoms with E-state index in [0.29, 0.717) is 26.2 Å². The van der Waals surface area contributed by atoms with Crippen molar-refractivity contribution in [1.29, 1.82) is 0 Å². The predicted molar refractivity (Wildman–Crippen MR) is 69.5 cm³/mol. The number of hydrogen-bond donors (Lipinski definition) is 1. The van der Waals surface area contributed by atoms with Crippen LogP contribution in [0.4, 0.5) is 15.8 Å². The van der Waals surface area contributed by atoms with E-state index in [9.17, 15) is 19.3 Å². The van der Waals surface area contributed by atoms with Crippen molar-refractivity contribution in [3.63, 3.8) is 0 Å². The summed E-state index contributed by atoms with van der Waals surface area (Å²) in [5.41, 5.74) is -0.415. The normalized spacial score (nSPS) is 15.0. The van der Waals surface area contributed by atoms with Gasteiger partial charge in [-0.1, -0.05) is 0 Å². The molecule has 1 N–H and O–H groups in total. The fourth-order valence-corrected chi connectivity index (χ4v) is 2.12. The number of nitrogens with one attached hydrogen (secondary N) is 1. The lowest BCUT2D eigenvalue weighted by Gasteiger charge is -2.29. The molecule has 0 unspecified atom stereocenters. The van der Waals surface area contributed by atoms with Crippen LogP contribution in [-0.4, -0.2) is 44.2 Å². The summed E-state index contributed by atoms with van der Waals surface area (Å²) in [6.45, 7) is 2.43. The maximum atomic E-state index is 13.8. The molecule has 0 aromatic heterocycles. The number of nitrogens with zero attached hydrogens (tertiary/aromatic N) is 2. The van der Waals surface area contributed by atoms with Gasteiger partial charge in [0.2, 0.25) is 0 Å². The Balaban J connectivity index is 2.50. The molecule has 1 fully saturated rings. The fraction of sp³-hybridized carbons (Fsp3) is 0.417. The maximum Gasteiger partial charge on any atom is 0.340 e. The number of piperazine rings is 1. The Kier molecular flexibility index (Phi) is 4.14.